The highest BCUT2D eigenvalue weighted by molar-refractivity contribution is 6.36. The second-order valence-electron chi connectivity index (χ2n) is 10.9. The smallest absolute Gasteiger partial charge is 0.326 e. The Labute approximate surface area is 238 Å². The summed E-state index contributed by atoms with van der Waals surface area (Å²) in [7, 11) is 0. The van der Waals surface area contributed by atoms with Crippen molar-refractivity contribution in [1.29, 1.82) is 0 Å². The van der Waals surface area contributed by atoms with Crippen LogP contribution in [0.25, 0.3) is 0 Å². The minimum absolute atomic E-state index is 0.0150. The maximum Gasteiger partial charge on any atom is 0.326 e. The first-order valence-electron chi connectivity index (χ1n) is 12.8. The zero-order chi connectivity index (χ0) is 29.1. The predicted molar refractivity (Wildman–Crippen MR) is 150 cm³/mol. The lowest BCUT2D eigenvalue weighted by Crippen LogP contribution is -2.55. The van der Waals surface area contributed by atoms with Crippen LogP contribution in [0.5, 0.6) is 0 Å². The van der Waals surface area contributed by atoms with Gasteiger partial charge in [0.25, 0.3) is 0 Å². The molecule has 0 bridgehead atoms. The Balaban J connectivity index is 1.76. The molecular weight excluding hydrogens is 543 g/mol. The molecule has 10 heteroatoms. The second kappa shape index (κ2) is 12.0. The van der Waals surface area contributed by atoms with E-state index in [0.29, 0.717) is 46.1 Å². The fourth-order valence-corrected chi connectivity index (χ4v) is 5.83. The molecule has 0 heterocycles. The Kier molecular flexibility index (Phi) is 9.34. The second-order valence-corrected chi connectivity index (χ2v) is 11.7. The number of anilines is 1. The summed E-state index contributed by atoms with van der Waals surface area (Å²) in [6.45, 7) is 6.75. The number of aliphatic carboxylic acids is 2. The highest BCUT2D eigenvalue weighted by atomic mass is 35.5. The summed E-state index contributed by atoms with van der Waals surface area (Å²) < 4.78 is 0. The van der Waals surface area contributed by atoms with Crippen molar-refractivity contribution >= 4 is 52.6 Å². The molecule has 8 nitrogen and oxygen atoms in total. The van der Waals surface area contributed by atoms with Crippen molar-refractivity contribution in [1.82, 2.24) is 5.32 Å². The van der Waals surface area contributed by atoms with Gasteiger partial charge in [0.1, 0.15) is 6.04 Å². The molecule has 1 fully saturated rings. The molecule has 3 atom stereocenters. The number of carbonyl (C=O) groups excluding carboxylic acids is 2. The average molecular weight is 578 g/mol. The van der Waals surface area contributed by atoms with E-state index in [4.69, 9.17) is 23.2 Å². The number of rotatable bonds is 9. The van der Waals surface area contributed by atoms with Gasteiger partial charge in [-0.3, -0.25) is 14.4 Å². The molecule has 1 aliphatic carbocycles. The molecule has 0 spiro atoms. The molecular formula is C29H34Cl2N2O6. The van der Waals surface area contributed by atoms with Crippen molar-refractivity contribution in [2.24, 2.45) is 16.7 Å². The van der Waals surface area contributed by atoms with E-state index in [1.807, 2.05) is 0 Å². The number of carbonyl (C=O) groups is 4. The molecule has 1 saturated carbocycles. The first kappa shape index (κ1) is 30.4. The van der Waals surface area contributed by atoms with Crippen LogP contribution in [-0.4, -0.2) is 40.0 Å². The summed E-state index contributed by atoms with van der Waals surface area (Å²) in [6.07, 6.45) is 1.52. The molecule has 39 heavy (non-hydrogen) atoms. The van der Waals surface area contributed by atoms with Gasteiger partial charge in [0, 0.05) is 40.6 Å². The first-order valence-corrected chi connectivity index (χ1v) is 13.5. The van der Waals surface area contributed by atoms with E-state index in [-0.39, 0.29) is 18.9 Å². The van der Waals surface area contributed by atoms with Gasteiger partial charge >= 0.3 is 11.9 Å². The Morgan fingerprint density at radius 2 is 1.62 bits per heavy atom. The van der Waals surface area contributed by atoms with Crippen molar-refractivity contribution in [2.75, 3.05) is 4.90 Å². The van der Waals surface area contributed by atoms with Crippen molar-refractivity contribution in [3.05, 3.63) is 63.6 Å². The molecule has 0 radical (unpaired) electrons. The van der Waals surface area contributed by atoms with Crippen LogP contribution in [0, 0.1) is 16.7 Å². The summed E-state index contributed by atoms with van der Waals surface area (Å²) in [5.74, 6) is -3.48. The van der Waals surface area contributed by atoms with Gasteiger partial charge in [-0.25, -0.2) is 4.79 Å². The van der Waals surface area contributed by atoms with Crippen LogP contribution in [0.4, 0.5) is 5.69 Å². The fraction of sp³-hybridized carbons (Fsp3) is 0.448. The lowest BCUT2D eigenvalue weighted by molar-refractivity contribution is -0.166. The number of amides is 2. The van der Waals surface area contributed by atoms with E-state index < -0.39 is 40.6 Å². The van der Waals surface area contributed by atoms with Gasteiger partial charge < -0.3 is 20.4 Å². The highest BCUT2D eigenvalue weighted by Crippen LogP contribution is 2.53. The van der Waals surface area contributed by atoms with Crippen molar-refractivity contribution in [2.45, 2.75) is 66.0 Å². The minimum Gasteiger partial charge on any atom is -0.481 e. The monoisotopic (exact) mass is 576 g/mol. The highest BCUT2D eigenvalue weighted by Gasteiger charge is 2.55. The van der Waals surface area contributed by atoms with Gasteiger partial charge in [-0.1, -0.05) is 61.7 Å². The zero-order valence-corrected chi connectivity index (χ0v) is 24.0. The Hall–Kier alpha value is -3.10. The molecule has 1 aliphatic rings. The average Bonchev–Trinajstić information content (AvgIpc) is 2.85. The molecule has 3 N–H and O–H groups in total. The fourth-order valence-electron chi connectivity index (χ4n) is 5.31. The number of benzene rings is 2. The number of halogens is 2. The summed E-state index contributed by atoms with van der Waals surface area (Å²) in [5, 5.41) is 23.2. The lowest BCUT2D eigenvalue weighted by atomic mass is 9.53. The molecule has 2 aromatic carbocycles. The zero-order valence-electron chi connectivity index (χ0n) is 22.5. The molecule has 3 unspecified atom stereocenters. The van der Waals surface area contributed by atoms with E-state index in [2.05, 4.69) is 5.32 Å². The molecule has 0 aromatic heterocycles. The van der Waals surface area contributed by atoms with Crippen LogP contribution >= 0.6 is 23.2 Å². The molecule has 2 amide bonds. The summed E-state index contributed by atoms with van der Waals surface area (Å²) in [4.78, 5) is 51.3. The van der Waals surface area contributed by atoms with E-state index in [1.165, 1.54) is 11.8 Å². The van der Waals surface area contributed by atoms with Gasteiger partial charge in [0.2, 0.25) is 11.8 Å². The Morgan fingerprint density at radius 3 is 2.13 bits per heavy atom. The van der Waals surface area contributed by atoms with Gasteiger partial charge in [0.05, 0.1) is 12.0 Å². The summed E-state index contributed by atoms with van der Waals surface area (Å²) >= 11 is 12.6. The summed E-state index contributed by atoms with van der Waals surface area (Å²) in [5.41, 5.74) is -0.136. The van der Waals surface area contributed by atoms with Gasteiger partial charge in [-0.05, 0) is 55.0 Å². The van der Waals surface area contributed by atoms with Crippen LogP contribution in [0.15, 0.2) is 42.5 Å². The third-order valence-electron chi connectivity index (χ3n) is 8.31. The maximum absolute atomic E-state index is 13.2. The van der Waals surface area contributed by atoms with Crippen LogP contribution < -0.4 is 10.2 Å². The number of carboxylic acids is 2. The number of carboxylic acid groups (broad SMARTS) is 2. The van der Waals surface area contributed by atoms with Crippen molar-refractivity contribution < 1.29 is 29.4 Å². The molecule has 2 aromatic rings. The SMILES string of the molecule is CC(=O)N(Cc1c(Cl)cccc1Cl)c1ccc(CC(NC(=O)C2CCCC(C)(C(=O)O)C2(C)C)C(=O)O)cc1. The number of hydrogen-bond donors (Lipinski definition) is 3. The normalized spacial score (nSPS) is 21.0. The van der Waals surface area contributed by atoms with Crippen LogP contribution in [0.3, 0.4) is 0 Å². The Bertz CT molecular complexity index is 1240. The number of nitrogens with one attached hydrogen (secondary N) is 1. The van der Waals surface area contributed by atoms with Crippen molar-refractivity contribution in [3.8, 4) is 0 Å². The lowest BCUT2D eigenvalue weighted by Gasteiger charge is -2.49. The molecule has 0 saturated heterocycles. The van der Waals surface area contributed by atoms with E-state index in [9.17, 15) is 29.4 Å². The van der Waals surface area contributed by atoms with E-state index in [1.54, 1.807) is 63.2 Å². The number of hydrogen-bond acceptors (Lipinski definition) is 4. The molecule has 0 aliphatic heterocycles. The third kappa shape index (κ3) is 6.39. The standard InChI is InChI=1S/C29H34Cl2N2O6/c1-17(34)33(16-20-22(30)8-5-9-23(20)31)19-12-10-18(11-13-19)15-24(26(36)37)32-25(35)21-7-6-14-29(4,27(38)39)28(21,2)3/h5,8-13,21,24H,6-7,14-16H2,1-4H3,(H,32,35)(H,36,37)(H,38,39). The third-order valence-corrected chi connectivity index (χ3v) is 9.02. The maximum atomic E-state index is 13.2. The first-order chi connectivity index (χ1) is 18.2. The minimum atomic E-state index is -1.21. The number of nitrogens with zero attached hydrogens (tertiary/aromatic N) is 1. The van der Waals surface area contributed by atoms with E-state index in [0.717, 1.165) is 0 Å². The van der Waals surface area contributed by atoms with Crippen LogP contribution in [0.1, 0.15) is 58.1 Å². The van der Waals surface area contributed by atoms with Gasteiger partial charge in [0.15, 0.2) is 0 Å². The predicted octanol–water partition coefficient (Wildman–Crippen LogP) is 5.58. The summed E-state index contributed by atoms with van der Waals surface area (Å²) in [6, 6.07) is 10.7. The quantitative estimate of drug-likeness (QED) is 0.358. The molecule has 210 valence electrons. The molecule has 3 rings (SSSR count). The largest absolute Gasteiger partial charge is 0.481 e. The van der Waals surface area contributed by atoms with Crippen molar-refractivity contribution in [3.63, 3.8) is 0 Å². The topological polar surface area (TPSA) is 124 Å². The van der Waals surface area contributed by atoms with Gasteiger partial charge in [-0.15, -0.1) is 0 Å². The van der Waals surface area contributed by atoms with E-state index >= 15 is 0 Å². The van der Waals surface area contributed by atoms with Gasteiger partial charge in [-0.2, -0.15) is 0 Å². The Morgan fingerprint density at radius 1 is 1.03 bits per heavy atom. The van der Waals surface area contributed by atoms with Crippen LogP contribution in [0.2, 0.25) is 10.0 Å². The van der Waals surface area contributed by atoms with Crippen LogP contribution in [-0.2, 0) is 32.1 Å².